The van der Waals surface area contributed by atoms with Gasteiger partial charge in [-0.2, -0.15) is 0 Å². The van der Waals surface area contributed by atoms with Crippen molar-refractivity contribution >= 4 is 44.5 Å². The minimum absolute atomic E-state index is 0.0170. The highest BCUT2D eigenvalue weighted by atomic mass is 35.5. The SMILES string of the molecule is C[C@H]([NH2+][C@@H](C)c1nc2scc(-c3cccs3)c2c(=O)[nH]1)c1cccc(Cl)c1. The average molecular weight is 417 g/mol. The lowest BCUT2D eigenvalue weighted by Crippen LogP contribution is -2.85. The number of benzene rings is 1. The summed E-state index contributed by atoms with van der Waals surface area (Å²) in [5.41, 5.74) is 2.04. The predicted octanol–water partition coefficient (Wildman–Crippen LogP) is 4.75. The van der Waals surface area contributed by atoms with Gasteiger partial charge in [-0.15, -0.1) is 22.7 Å². The maximum Gasteiger partial charge on any atom is 0.260 e. The number of thiophene rings is 2. The Morgan fingerprint density at radius 3 is 2.74 bits per heavy atom. The summed E-state index contributed by atoms with van der Waals surface area (Å²) >= 11 is 9.25. The molecule has 0 spiro atoms. The van der Waals surface area contributed by atoms with Crippen LogP contribution in [0.1, 0.15) is 37.3 Å². The second-order valence-electron chi connectivity index (χ2n) is 6.58. The van der Waals surface area contributed by atoms with Gasteiger partial charge in [0.25, 0.3) is 5.56 Å². The van der Waals surface area contributed by atoms with Gasteiger partial charge >= 0.3 is 0 Å². The highest BCUT2D eigenvalue weighted by Crippen LogP contribution is 2.33. The molecule has 3 heterocycles. The van der Waals surface area contributed by atoms with Crippen molar-refractivity contribution in [3.8, 4) is 10.4 Å². The zero-order valence-corrected chi connectivity index (χ0v) is 17.3. The van der Waals surface area contributed by atoms with Gasteiger partial charge in [-0.1, -0.05) is 29.8 Å². The number of aromatic amines is 1. The van der Waals surface area contributed by atoms with Gasteiger partial charge in [0, 0.05) is 26.4 Å². The summed E-state index contributed by atoms with van der Waals surface area (Å²) in [5.74, 6) is 0.695. The molecule has 0 aliphatic carbocycles. The van der Waals surface area contributed by atoms with Gasteiger partial charge in [-0.3, -0.25) is 4.79 Å². The molecular weight excluding hydrogens is 398 g/mol. The number of fused-ring (bicyclic) bond motifs is 1. The van der Waals surface area contributed by atoms with Crippen molar-refractivity contribution in [2.24, 2.45) is 0 Å². The Morgan fingerprint density at radius 2 is 2.00 bits per heavy atom. The van der Waals surface area contributed by atoms with Gasteiger partial charge < -0.3 is 10.3 Å². The van der Waals surface area contributed by atoms with Gasteiger partial charge in [0.05, 0.1) is 5.39 Å². The lowest BCUT2D eigenvalue weighted by Gasteiger charge is -2.16. The van der Waals surface area contributed by atoms with E-state index in [0.29, 0.717) is 11.2 Å². The van der Waals surface area contributed by atoms with Crippen molar-refractivity contribution in [1.82, 2.24) is 9.97 Å². The molecule has 0 saturated heterocycles. The summed E-state index contributed by atoms with van der Waals surface area (Å²) in [6.45, 7) is 4.18. The molecule has 0 fully saturated rings. The van der Waals surface area contributed by atoms with Gasteiger partial charge in [-0.05, 0) is 37.4 Å². The normalized spacial score (nSPS) is 13.7. The number of H-pyrrole nitrogens is 1. The zero-order chi connectivity index (χ0) is 19.0. The van der Waals surface area contributed by atoms with Crippen molar-refractivity contribution in [3.05, 3.63) is 73.9 Å². The molecule has 2 atom stereocenters. The summed E-state index contributed by atoms with van der Waals surface area (Å²) in [7, 11) is 0. The van der Waals surface area contributed by atoms with Crippen LogP contribution in [0.5, 0.6) is 0 Å². The van der Waals surface area contributed by atoms with Crippen LogP contribution in [-0.4, -0.2) is 9.97 Å². The Hall–Kier alpha value is -1.99. The molecular formula is C20H19ClN3OS2+. The number of rotatable bonds is 5. The maximum absolute atomic E-state index is 12.8. The van der Waals surface area contributed by atoms with Crippen LogP contribution in [0.3, 0.4) is 0 Å². The molecule has 3 aromatic heterocycles. The Balaban J connectivity index is 1.63. The van der Waals surface area contributed by atoms with Gasteiger partial charge in [-0.25, -0.2) is 4.98 Å². The van der Waals surface area contributed by atoms with Gasteiger partial charge in [0.1, 0.15) is 16.9 Å². The smallest absolute Gasteiger partial charge is 0.260 e. The molecule has 0 amide bonds. The molecule has 27 heavy (non-hydrogen) atoms. The largest absolute Gasteiger partial charge is 0.332 e. The molecule has 0 bridgehead atoms. The molecule has 4 nitrogen and oxygen atoms in total. The minimum atomic E-state index is -0.0738. The van der Waals surface area contributed by atoms with E-state index in [2.05, 4.69) is 30.2 Å². The molecule has 7 heteroatoms. The topological polar surface area (TPSA) is 62.4 Å². The second kappa shape index (κ2) is 7.56. The molecule has 138 valence electrons. The van der Waals surface area contributed by atoms with Crippen molar-refractivity contribution in [1.29, 1.82) is 0 Å². The number of hydrogen-bond acceptors (Lipinski definition) is 4. The maximum atomic E-state index is 12.8. The van der Waals surface area contributed by atoms with Crippen LogP contribution >= 0.6 is 34.3 Å². The van der Waals surface area contributed by atoms with Crippen LogP contribution in [0, 0.1) is 0 Å². The summed E-state index contributed by atoms with van der Waals surface area (Å²) in [6, 6.07) is 12.1. The molecule has 0 aliphatic heterocycles. The third-order valence-corrected chi connectivity index (χ3v) is 6.64. The Bertz CT molecular complexity index is 1130. The van der Waals surface area contributed by atoms with Crippen LogP contribution in [-0.2, 0) is 0 Å². The minimum Gasteiger partial charge on any atom is -0.332 e. The Morgan fingerprint density at radius 1 is 1.15 bits per heavy atom. The fraction of sp³-hybridized carbons (Fsp3) is 0.200. The highest BCUT2D eigenvalue weighted by molar-refractivity contribution is 7.18. The summed E-state index contributed by atoms with van der Waals surface area (Å²) in [5, 5.41) is 7.63. The number of aromatic nitrogens is 2. The van der Waals surface area contributed by atoms with Gasteiger partial charge in [0.2, 0.25) is 0 Å². The monoisotopic (exact) mass is 416 g/mol. The first kappa shape index (κ1) is 18.4. The molecule has 0 saturated carbocycles. The Kier molecular flexibility index (Phi) is 5.14. The van der Waals surface area contributed by atoms with E-state index in [4.69, 9.17) is 16.6 Å². The van der Waals surface area contributed by atoms with E-state index in [-0.39, 0.29) is 17.6 Å². The number of hydrogen-bond donors (Lipinski definition) is 2. The molecule has 1 aromatic carbocycles. The summed E-state index contributed by atoms with van der Waals surface area (Å²) < 4.78 is 0. The van der Waals surface area contributed by atoms with Gasteiger partial charge in [0.15, 0.2) is 5.82 Å². The van der Waals surface area contributed by atoms with E-state index in [1.165, 1.54) is 11.3 Å². The summed E-state index contributed by atoms with van der Waals surface area (Å²) in [4.78, 5) is 22.4. The standard InChI is InChI=1S/C20H18ClN3OS2/c1-11(13-5-3-6-14(21)9-13)22-12(2)18-23-19(25)17-15(10-27-20(17)24-18)16-7-4-8-26-16/h3-12,22H,1-2H3,(H,23,24,25)/p+1/t11-,12-/m0/s1. The van der Waals surface area contributed by atoms with E-state index in [1.807, 2.05) is 41.1 Å². The first-order valence-corrected chi connectivity index (χ1v) is 10.8. The summed E-state index contributed by atoms with van der Waals surface area (Å²) in [6.07, 6.45) is 0. The van der Waals surface area contributed by atoms with Crippen LogP contribution < -0.4 is 10.9 Å². The lowest BCUT2D eigenvalue weighted by molar-refractivity contribution is -0.729. The number of nitrogens with two attached hydrogens (primary N) is 1. The van der Waals surface area contributed by atoms with Crippen molar-refractivity contribution in [2.75, 3.05) is 0 Å². The molecule has 4 rings (SSSR count). The third-order valence-electron chi connectivity index (χ3n) is 4.63. The average Bonchev–Trinajstić information content (AvgIpc) is 3.31. The van der Waals surface area contributed by atoms with E-state index >= 15 is 0 Å². The highest BCUT2D eigenvalue weighted by Gasteiger charge is 2.20. The fourth-order valence-corrected chi connectivity index (χ4v) is 5.19. The lowest BCUT2D eigenvalue weighted by atomic mass is 10.1. The van der Waals surface area contributed by atoms with Crippen molar-refractivity contribution in [2.45, 2.75) is 25.9 Å². The van der Waals surface area contributed by atoms with E-state index in [0.717, 1.165) is 25.9 Å². The number of nitrogens with zero attached hydrogens (tertiary/aromatic N) is 1. The van der Waals surface area contributed by atoms with E-state index in [9.17, 15) is 4.79 Å². The van der Waals surface area contributed by atoms with Crippen LogP contribution in [0.15, 0.2) is 52.0 Å². The van der Waals surface area contributed by atoms with E-state index < -0.39 is 0 Å². The number of halogens is 1. The number of nitrogens with one attached hydrogen (secondary N) is 1. The van der Waals surface area contributed by atoms with Crippen molar-refractivity contribution in [3.63, 3.8) is 0 Å². The van der Waals surface area contributed by atoms with Crippen molar-refractivity contribution < 1.29 is 5.32 Å². The molecule has 0 radical (unpaired) electrons. The first-order chi connectivity index (χ1) is 13.0. The second-order valence-corrected chi connectivity index (χ2v) is 8.83. The molecule has 0 aliphatic rings. The number of quaternary nitrogens is 1. The first-order valence-electron chi connectivity index (χ1n) is 8.68. The molecule has 0 unspecified atom stereocenters. The quantitative estimate of drug-likeness (QED) is 0.493. The third kappa shape index (κ3) is 3.71. The van der Waals surface area contributed by atoms with E-state index in [1.54, 1.807) is 11.3 Å². The molecule has 3 N–H and O–H groups in total. The van der Waals surface area contributed by atoms with Crippen LogP contribution in [0.25, 0.3) is 20.7 Å². The molecule has 4 aromatic rings. The fourth-order valence-electron chi connectivity index (χ4n) is 3.22. The Labute approximate surface area is 169 Å². The van der Waals surface area contributed by atoms with Crippen LogP contribution in [0.4, 0.5) is 0 Å². The zero-order valence-electron chi connectivity index (χ0n) is 14.9. The predicted molar refractivity (Wildman–Crippen MR) is 114 cm³/mol. The van der Waals surface area contributed by atoms with Crippen LogP contribution in [0.2, 0.25) is 5.02 Å².